The van der Waals surface area contributed by atoms with Gasteiger partial charge in [0.15, 0.2) is 0 Å². The van der Waals surface area contributed by atoms with Crippen LogP contribution < -0.4 is 0 Å². The van der Waals surface area contributed by atoms with Crippen molar-refractivity contribution < 1.29 is 0 Å². The molecule has 0 spiro atoms. The third kappa shape index (κ3) is 3.92. The molecule has 0 amide bonds. The van der Waals surface area contributed by atoms with Gasteiger partial charge in [-0.2, -0.15) is 0 Å². The molecule has 4 heteroatoms. The van der Waals surface area contributed by atoms with Gasteiger partial charge in [0.25, 0.3) is 0 Å². The molecule has 2 fully saturated rings. The number of guanidine groups is 1. The minimum absolute atomic E-state index is 0.786. The first-order valence-corrected chi connectivity index (χ1v) is 7.93. The Morgan fingerprint density at radius 1 is 1.25 bits per heavy atom. The highest BCUT2D eigenvalue weighted by Gasteiger charge is 2.28. The molecule has 1 aliphatic heterocycles. The normalized spacial score (nSPS) is 22.8. The molecule has 0 aromatic rings. The summed E-state index contributed by atoms with van der Waals surface area (Å²) in [6.45, 7) is 12.3. The Balaban J connectivity index is 1.87. The number of nitrogens with zero attached hydrogens (tertiary/aromatic N) is 4. The highest BCUT2D eigenvalue weighted by molar-refractivity contribution is 5.84. The summed E-state index contributed by atoms with van der Waals surface area (Å²) in [5.74, 6) is 0.786. The van der Waals surface area contributed by atoms with Crippen LogP contribution in [0.1, 0.15) is 46.0 Å². The van der Waals surface area contributed by atoms with Crippen LogP contribution in [0.3, 0.4) is 0 Å². The molecule has 4 nitrogen and oxygen atoms in total. The molecule has 1 saturated heterocycles. The number of allylic oxidation sites excluding steroid dienone is 1. The highest BCUT2D eigenvalue weighted by atomic mass is 15.3. The second kappa shape index (κ2) is 7.58. The fraction of sp³-hybridized carbons (Fsp3) is 0.750. The van der Waals surface area contributed by atoms with Crippen LogP contribution in [-0.2, 0) is 0 Å². The summed E-state index contributed by atoms with van der Waals surface area (Å²) in [5, 5.41) is 0. The van der Waals surface area contributed by atoms with Crippen molar-refractivity contribution in [3.63, 3.8) is 0 Å². The summed E-state index contributed by atoms with van der Waals surface area (Å²) in [6.07, 6.45) is 8.40. The van der Waals surface area contributed by atoms with Crippen LogP contribution in [0.4, 0.5) is 0 Å². The van der Waals surface area contributed by atoms with E-state index < -0.39 is 0 Å². The maximum atomic E-state index is 4.52. The van der Waals surface area contributed by atoms with Crippen molar-refractivity contribution in [2.45, 2.75) is 52.0 Å². The smallest absolute Gasteiger partial charge is 0.224 e. The Morgan fingerprint density at radius 3 is 2.45 bits per heavy atom. The summed E-state index contributed by atoms with van der Waals surface area (Å²) in [6, 6.07) is 0.848. The van der Waals surface area contributed by atoms with Gasteiger partial charge in [-0.3, -0.25) is 4.90 Å². The summed E-state index contributed by atoms with van der Waals surface area (Å²) in [4.78, 5) is 13.5. The van der Waals surface area contributed by atoms with Crippen LogP contribution in [-0.4, -0.2) is 54.7 Å². The number of hydrogen-bond donors (Lipinski definition) is 0. The van der Waals surface area contributed by atoms with E-state index in [1.165, 1.54) is 24.8 Å². The summed E-state index contributed by atoms with van der Waals surface area (Å²) >= 11 is 0. The number of rotatable bonds is 4. The van der Waals surface area contributed by atoms with Crippen molar-refractivity contribution >= 4 is 12.7 Å². The summed E-state index contributed by atoms with van der Waals surface area (Å²) in [7, 11) is 0. The first-order valence-electron chi connectivity index (χ1n) is 7.93. The van der Waals surface area contributed by atoms with Crippen molar-refractivity contribution in [3.8, 4) is 0 Å². The van der Waals surface area contributed by atoms with E-state index in [2.05, 4.69) is 40.3 Å². The topological polar surface area (TPSA) is 31.2 Å². The Bertz CT molecular complexity index is 374. The molecule has 0 atom stereocenters. The van der Waals surface area contributed by atoms with E-state index in [-0.39, 0.29) is 0 Å². The van der Waals surface area contributed by atoms with Gasteiger partial charge < -0.3 is 4.90 Å². The Hall–Kier alpha value is -1.16. The zero-order valence-corrected chi connectivity index (χ0v) is 13.0. The number of piperazine rings is 1. The van der Waals surface area contributed by atoms with Gasteiger partial charge in [0.05, 0.1) is 0 Å². The molecule has 0 radical (unpaired) electrons. The third-order valence-electron chi connectivity index (χ3n) is 4.37. The SMILES string of the molecule is C=NC(=N/C=C(\C)CCC)N1CCN(C2CCC2)CC1. The number of hydrogen-bond acceptors (Lipinski definition) is 2. The van der Waals surface area contributed by atoms with E-state index in [9.17, 15) is 0 Å². The zero-order chi connectivity index (χ0) is 14.4. The van der Waals surface area contributed by atoms with Crippen molar-refractivity contribution in [1.82, 2.24) is 9.80 Å². The van der Waals surface area contributed by atoms with Crippen LogP contribution in [0.15, 0.2) is 21.8 Å². The molecule has 0 aromatic carbocycles. The van der Waals surface area contributed by atoms with E-state index in [1.54, 1.807) is 0 Å². The van der Waals surface area contributed by atoms with Gasteiger partial charge in [0.2, 0.25) is 5.96 Å². The van der Waals surface area contributed by atoms with Gasteiger partial charge in [0, 0.05) is 38.4 Å². The lowest BCUT2D eigenvalue weighted by molar-refractivity contribution is 0.0851. The lowest BCUT2D eigenvalue weighted by Crippen LogP contribution is -2.53. The van der Waals surface area contributed by atoms with Crippen molar-refractivity contribution in [2.75, 3.05) is 26.2 Å². The largest absolute Gasteiger partial charge is 0.338 e. The molecule has 1 aliphatic carbocycles. The summed E-state index contributed by atoms with van der Waals surface area (Å²) < 4.78 is 0. The second-order valence-electron chi connectivity index (χ2n) is 5.92. The minimum Gasteiger partial charge on any atom is -0.338 e. The Kier molecular flexibility index (Phi) is 5.77. The van der Waals surface area contributed by atoms with Crippen LogP contribution >= 0.6 is 0 Å². The van der Waals surface area contributed by atoms with E-state index in [1.807, 2.05) is 6.20 Å². The minimum atomic E-state index is 0.786. The van der Waals surface area contributed by atoms with Crippen LogP contribution in [0.5, 0.6) is 0 Å². The van der Waals surface area contributed by atoms with Gasteiger partial charge in [-0.1, -0.05) is 25.3 Å². The van der Waals surface area contributed by atoms with E-state index >= 15 is 0 Å². The quantitative estimate of drug-likeness (QED) is 0.584. The van der Waals surface area contributed by atoms with Gasteiger partial charge >= 0.3 is 0 Å². The Morgan fingerprint density at radius 2 is 1.95 bits per heavy atom. The molecule has 0 aromatic heterocycles. The maximum absolute atomic E-state index is 4.52. The predicted molar refractivity (Wildman–Crippen MR) is 86.4 cm³/mol. The van der Waals surface area contributed by atoms with Gasteiger partial charge in [-0.05, 0) is 32.9 Å². The molecular formula is C16H28N4. The van der Waals surface area contributed by atoms with Crippen molar-refractivity contribution in [1.29, 1.82) is 0 Å². The summed E-state index contributed by atoms with van der Waals surface area (Å²) in [5.41, 5.74) is 1.31. The molecule has 1 heterocycles. The van der Waals surface area contributed by atoms with Crippen molar-refractivity contribution in [2.24, 2.45) is 9.98 Å². The zero-order valence-electron chi connectivity index (χ0n) is 13.0. The Labute approximate surface area is 123 Å². The molecule has 1 saturated carbocycles. The lowest BCUT2D eigenvalue weighted by atomic mass is 9.91. The molecule has 0 N–H and O–H groups in total. The van der Waals surface area contributed by atoms with Crippen LogP contribution in [0.25, 0.3) is 0 Å². The molecule has 112 valence electrons. The molecule has 2 rings (SSSR count). The first-order chi connectivity index (χ1) is 9.74. The lowest BCUT2D eigenvalue weighted by Gasteiger charge is -2.43. The molecular weight excluding hydrogens is 248 g/mol. The highest BCUT2D eigenvalue weighted by Crippen LogP contribution is 2.25. The average Bonchev–Trinajstić information content (AvgIpc) is 2.39. The first kappa shape index (κ1) is 15.2. The van der Waals surface area contributed by atoms with Crippen LogP contribution in [0, 0.1) is 0 Å². The van der Waals surface area contributed by atoms with Gasteiger partial charge in [-0.25, -0.2) is 9.98 Å². The maximum Gasteiger partial charge on any atom is 0.224 e. The molecule has 0 unspecified atom stereocenters. The predicted octanol–water partition coefficient (Wildman–Crippen LogP) is 2.92. The van der Waals surface area contributed by atoms with E-state index in [4.69, 9.17) is 0 Å². The fourth-order valence-corrected chi connectivity index (χ4v) is 2.89. The van der Waals surface area contributed by atoms with E-state index in [0.717, 1.165) is 51.0 Å². The monoisotopic (exact) mass is 276 g/mol. The second-order valence-corrected chi connectivity index (χ2v) is 5.92. The molecule has 2 aliphatic rings. The number of aliphatic imine (C=N–C) groups is 2. The molecule has 0 bridgehead atoms. The average molecular weight is 276 g/mol. The van der Waals surface area contributed by atoms with Gasteiger partial charge in [0.1, 0.15) is 0 Å². The fourth-order valence-electron chi connectivity index (χ4n) is 2.89. The third-order valence-corrected chi connectivity index (χ3v) is 4.37. The standard InChI is InChI=1S/C16H28N4/c1-4-6-14(2)13-18-16(17-3)20-11-9-19(10-12-20)15-7-5-8-15/h13,15H,3-12H2,1-2H3/b14-13+,18-16?. The van der Waals surface area contributed by atoms with Gasteiger partial charge in [-0.15, -0.1) is 0 Å². The van der Waals surface area contributed by atoms with E-state index in [0.29, 0.717) is 0 Å². The molecule has 20 heavy (non-hydrogen) atoms. The van der Waals surface area contributed by atoms with Crippen molar-refractivity contribution in [3.05, 3.63) is 11.8 Å². The van der Waals surface area contributed by atoms with Crippen LogP contribution in [0.2, 0.25) is 0 Å².